The van der Waals surface area contributed by atoms with Crippen LogP contribution in [0.25, 0.3) is 0 Å². The Labute approximate surface area is 170 Å². The fraction of sp³-hybridized carbons (Fsp3) is 0.455. The Balaban J connectivity index is 1.95. The Bertz CT molecular complexity index is 849. The van der Waals surface area contributed by atoms with Gasteiger partial charge < -0.3 is 15.1 Å². The zero-order valence-electron chi connectivity index (χ0n) is 16.1. The van der Waals surface area contributed by atoms with Gasteiger partial charge in [-0.3, -0.25) is 4.79 Å². The SMILES string of the molecule is CCC#CC[C@H](C)[C@H](O)C=C[C@H]1CCC(=O)N1CC#Cc1ccc(C(=O)O)s1. The van der Waals surface area contributed by atoms with Crippen molar-refractivity contribution in [3.05, 3.63) is 34.0 Å². The van der Waals surface area contributed by atoms with Gasteiger partial charge in [0.2, 0.25) is 5.91 Å². The number of amides is 1. The summed E-state index contributed by atoms with van der Waals surface area (Å²) in [5.74, 6) is 11.0. The van der Waals surface area contributed by atoms with Crippen LogP contribution in [0.4, 0.5) is 0 Å². The normalized spacial score (nSPS) is 18.3. The van der Waals surface area contributed by atoms with Crippen molar-refractivity contribution in [2.45, 2.75) is 51.7 Å². The minimum atomic E-state index is -0.966. The molecule has 2 rings (SSSR count). The molecular formula is C22H25NO4S. The Morgan fingerprint density at radius 2 is 2.18 bits per heavy atom. The van der Waals surface area contributed by atoms with Gasteiger partial charge in [-0.15, -0.1) is 23.2 Å². The molecule has 6 heteroatoms. The first-order valence-electron chi connectivity index (χ1n) is 9.36. The number of likely N-dealkylation sites (tertiary alicyclic amines) is 1. The van der Waals surface area contributed by atoms with Gasteiger partial charge in [-0.25, -0.2) is 4.79 Å². The number of carbonyl (C=O) groups excluding carboxylic acids is 1. The molecule has 2 heterocycles. The van der Waals surface area contributed by atoms with E-state index in [2.05, 4.69) is 23.7 Å². The van der Waals surface area contributed by atoms with Crippen molar-refractivity contribution in [1.29, 1.82) is 0 Å². The van der Waals surface area contributed by atoms with E-state index >= 15 is 0 Å². The molecule has 5 nitrogen and oxygen atoms in total. The van der Waals surface area contributed by atoms with Gasteiger partial charge in [0.15, 0.2) is 0 Å². The third-order valence-electron chi connectivity index (χ3n) is 4.49. The fourth-order valence-corrected chi connectivity index (χ4v) is 3.52. The van der Waals surface area contributed by atoms with Gasteiger partial charge >= 0.3 is 5.97 Å². The van der Waals surface area contributed by atoms with Crippen molar-refractivity contribution in [3.8, 4) is 23.7 Å². The quantitative estimate of drug-likeness (QED) is 0.569. The molecule has 1 aromatic rings. The summed E-state index contributed by atoms with van der Waals surface area (Å²) in [5.41, 5.74) is 0. The third kappa shape index (κ3) is 6.27. The van der Waals surface area contributed by atoms with E-state index in [1.165, 1.54) is 6.07 Å². The summed E-state index contributed by atoms with van der Waals surface area (Å²) < 4.78 is 0. The predicted molar refractivity (Wildman–Crippen MR) is 110 cm³/mol. The standard InChI is InChI=1S/C22H25NO4S/c1-3-4-5-7-16(2)19(24)12-9-17-10-14-21(25)23(17)15-6-8-18-11-13-20(28-18)22(26)27/h9,11-13,16-17,19,24H,3,7,10,14-15H2,1-2H3,(H,26,27)/t16-,17-,19+/m0/s1. The lowest BCUT2D eigenvalue weighted by Gasteiger charge is -2.20. The maximum absolute atomic E-state index is 12.1. The Morgan fingerprint density at radius 3 is 2.86 bits per heavy atom. The molecule has 1 saturated heterocycles. The Kier molecular flexibility index (Phi) is 8.32. The Hall–Kier alpha value is -2.54. The van der Waals surface area contributed by atoms with Gasteiger partial charge in [0.05, 0.1) is 23.6 Å². The second kappa shape index (κ2) is 10.7. The van der Waals surface area contributed by atoms with E-state index in [0.29, 0.717) is 24.1 Å². The molecule has 1 aliphatic rings. The van der Waals surface area contributed by atoms with Crippen molar-refractivity contribution in [2.24, 2.45) is 5.92 Å². The molecule has 148 valence electrons. The summed E-state index contributed by atoms with van der Waals surface area (Å²) >= 11 is 1.12. The summed E-state index contributed by atoms with van der Waals surface area (Å²) in [6.45, 7) is 4.22. The Morgan fingerprint density at radius 1 is 1.39 bits per heavy atom. The molecular weight excluding hydrogens is 374 g/mol. The van der Waals surface area contributed by atoms with Crippen LogP contribution in [0.5, 0.6) is 0 Å². The van der Waals surface area contributed by atoms with Gasteiger partial charge in [-0.2, -0.15) is 0 Å². The van der Waals surface area contributed by atoms with Crippen LogP contribution in [-0.2, 0) is 4.79 Å². The van der Waals surface area contributed by atoms with E-state index in [1.54, 1.807) is 17.0 Å². The number of aromatic carboxylic acids is 1. The van der Waals surface area contributed by atoms with E-state index in [-0.39, 0.29) is 29.3 Å². The van der Waals surface area contributed by atoms with Crippen LogP contribution in [0.15, 0.2) is 24.3 Å². The topological polar surface area (TPSA) is 77.8 Å². The summed E-state index contributed by atoms with van der Waals surface area (Å²) in [5, 5.41) is 19.2. The molecule has 0 spiro atoms. The highest BCUT2D eigenvalue weighted by atomic mass is 32.1. The first kappa shape index (κ1) is 21.8. The number of carboxylic acid groups (broad SMARTS) is 1. The molecule has 1 aliphatic heterocycles. The van der Waals surface area contributed by atoms with E-state index in [1.807, 2.05) is 19.9 Å². The van der Waals surface area contributed by atoms with Gasteiger partial charge in [0, 0.05) is 19.3 Å². The summed E-state index contributed by atoms with van der Waals surface area (Å²) in [4.78, 5) is 25.7. The minimum absolute atomic E-state index is 0.0305. The summed E-state index contributed by atoms with van der Waals surface area (Å²) in [6, 6.07) is 3.11. The number of carboxylic acids is 1. The van der Waals surface area contributed by atoms with Crippen molar-refractivity contribution < 1.29 is 19.8 Å². The van der Waals surface area contributed by atoms with Crippen LogP contribution in [0, 0.1) is 29.6 Å². The van der Waals surface area contributed by atoms with Crippen molar-refractivity contribution >= 4 is 23.2 Å². The largest absolute Gasteiger partial charge is 0.477 e. The van der Waals surface area contributed by atoms with Gasteiger partial charge in [-0.05, 0) is 24.5 Å². The number of aliphatic hydroxyl groups excluding tert-OH is 1. The van der Waals surface area contributed by atoms with Crippen molar-refractivity contribution in [3.63, 3.8) is 0 Å². The molecule has 0 saturated carbocycles. The second-order valence-electron chi connectivity index (χ2n) is 6.66. The second-order valence-corrected chi connectivity index (χ2v) is 7.75. The van der Waals surface area contributed by atoms with Crippen LogP contribution < -0.4 is 0 Å². The monoisotopic (exact) mass is 399 g/mol. The zero-order chi connectivity index (χ0) is 20.5. The van der Waals surface area contributed by atoms with E-state index < -0.39 is 12.1 Å². The molecule has 28 heavy (non-hydrogen) atoms. The molecule has 1 amide bonds. The van der Waals surface area contributed by atoms with Crippen molar-refractivity contribution in [2.75, 3.05) is 6.54 Å². The predicted octanol–water partition coefficient (Wildman–Crippen LogP) is 3.15. The average molecular weight is 400 g/mol. The van der Waals surface area contributed by atoms with Crippen LogP contribution in [0.1, 0.15) is 54.1 Å². The van der Waals surface area contributed by atoms with Crippen LogP contribution in [0.2, 0.25) is 0 Å². The van der Waals surface area contributed by atoms with Crippen LogP contribution in [-0.4, -0.2) is 45.7 Å². The van der Waals surface area contributed by atoms with Crippen LogP contribution >= 0.6 is 11.3 Å². The smallest absolute Gasteiger partial charge is 0.345 e. The zero-order valence-corrected chi connectivity index (χ0v) is 17.0. The highest BCUT2D eigenvalue weighted by Crippen LogP contribution is 2.21. The number of carbonyl (C=O) groups is 2. The molecule has 0 aromatic carbocycles. The maximum atomic E-state index is 12.1. The van der Waals surface area contributed by atoms with Gasteiger partial charge in [-0.1, -0.05) is 37.8 Å². The number of thiophene rings is 1. The molecule has 0 aliphatic carbocycles. The molecule has 3 atom stereocenters. The van der Waals surface area contributed by atoms with Gasteiger partial charge in [0.25, 0.3) is 0 Å². The van der Waals surface area contributed by atoms with E-state index in [9.17, 15) is 14.7 Å². The first-order valence-corrected chi connectivity index (χ1v) is 10.2. The third-order valence-corrected chi connectivity index (χ3v) is 5.48. The van der Waals surface area contributed by atoms with Crippen LogP contribution in [0.3, 0.4) is 0 Å². The van der Waals surface area contributed by atoms with Crippen molar-refractivity contribution in [1.82, 2.24) is 4.90 Å². The van der Waals surface area contributed by atoms with E-state index in [0.717, 1.165) is 17.8 Å². The first-order chi connectivity index (χ1) is 13.4. The fourth-order valence-electron chi connectivity index (χ4n) is 2.80. The summed E-state index contributed by atoms with van der Waals surface area (Å²) in [7, 11) is 0. The molecule has 1 fully saturated rings. The number of rotatable bonds is 6. The lowest BCUT2D eigenvalue weighted by Crippen LogP contribution is -2.32. The molecule has 0 bridgehead atoms. The number of aliphatic hydroxyl groups is 1. The van der Waals surface area contributed by atoms with Gasteiger partial charge in [0.1, 0.15) is 4.88 Å². The minimum Gasteiger partial charge on any atom is -0.477 e. The highest BCUT2D eigenvalue weighted by molar-refractivity contribution is 7.14. The number of hydrogen-bond donors (Lipinski definition) is 2. The maximum Gasteiger partial charge on any atom is 0.345 e. The molecule has 2 N–H and O–H groups in total. The average Bonchev–Trinajstić information content (AvgIpc) is 3.27. The molecule has 0 unspecified atom stereocenters. The van der Waals surface area contributed by atoms with E-state index in [4.69, 9.17) is 5.11 Å². The molecule has 1 aromatic heterocycles. The lowest BCUT2D eigenvalue weighted by molar-refractivity contribution is -0.127. The number of nitrogens with zero attached hydrogens (tertiary/aromatic N) is 1. The molecule has 0 radical (unpaired) electrons. The summed E-state index contributed by atoms with van der Waals surface area (Å²) in [6.07, 6.45) is 5.65. The highest BCUT2D eigenvalue weighted by Gasteiger charge is 2.28. The lowest BCUT2D eigenvalue weighted by atomic mass is 10.00. The number of hydrogen-bond acceptors (Lipinski definition) is 4.